The number of carbonyl (C=O) groups excluding carboxylic acids is 1. The first-order valence-corrected chi connectivity index (χ1v) is 5.39. The van der Waals surface area contributed by atoms with Crippen molar-refractivity contribution in [3.8, 4) is 0 Å². The largest absolute Gasteiger partial charge is 0.363 e. The molecule has 0 spiro atoms. The van der Waals surface area contributed by atoms with Gasteiger partial charge in [-0.3, -0.25) is 4.79 Å². The van der Waals surface area contributed by atoms with Gasteiger partial charge < -0.3 is 16.0 Å². The lowest BCUT2D eigenvalue weighted by Crippen LogP contribution is -2.14. The van der Waals surface area contributed by atoms with E-state index in [0.29, 0.717) is 5.89 Å². The third-order valence-corrected chi connectivity index (χ3v) is 2.38. The lowest BCUT2D eigenvalue weighted by Gasteiger charge is -2.07. The monoisotopic (exact) mass is 226 g/mol. The predicted molar refractivity (Wildman–Crippen MR) is 58.7 cm³/mol. The van der Waals surface area contributed by atoms with Crippen molar-refractivity contribution in [1.82, 2.24) is 10.1 Å². The van der Waals surface area contributed by atoms with E-state index in [-0.39, 0.29) is 17.8 Å². The van der Waals surface area contributed by atoms with E-state index in [1.807, 2.05) is 13.8 Å². The van der Waals surface area contributed by atoms with Gasteiger partial charge in [-0.2, -0.15) is 4.98 Å². The average Bonchev–Trinajstić information content (AvgIpc) is 2.65. The molecule has 0 aromatic carbocycles. The number of rotatable bonds is 6. The van der Waals surface area contributed by atoms with Crippen LogP contribution >= 0.6 is 0 Å². The lowest BCUT2D eigenvalue weighted by molar-refractivity contribution is 0.0987. The minimum absolute atomic E-state index is 0.0611. The number of nitrogens with two attached hydrogens (primary N) is 2. The molecule has 90 valence electrons. The molecule has 0 saturated heterocycles. The van der Waals surface area contributed by atoms with Crippen LogP contribution in [0.1, 0.15) is 55.5 Å². The van der Waals surface area contributed by atoms with Crippen molar-refractivity contribution in [2.24, 2.45) is 11.5 Å². The molecule has 0 bridgehead atoms. The fourth-order valence-corrected chi connectivity index (χ4v) is 1.40. The zero-order valence-electron chi connectivity index (χ0n) is 9.64. The van der Waals surface area contributed by atoms with Crippen LogP contribution < -0.4 is 11.5 Å². The van der Waals surface area contributed by atoms with Gasteiger partial charge in [0.25, 0.3) is 11.7 Å². The summed E-state index contributed by atoms with van der Waals surface area (Å²) < 4.78 is 4.95. The van der Waals surface area contributed by atoms with Crippen LogP contribution in [0.5, 0.6) is 0 Å². The zero-order valence-corrected chi connectivity index (χ0v) is 9.64. The van der Waals surface area contributed by atoms with Gasteiger partial charge in [0.15, 0.2) is 0 Å². The Morgan fingerprint density at radius 1 is 1.44 bits per heavy atom. The Labute approximate surface area is 94.4 Å². The number of hydrogen-bond donors (Lipinski definition) is 2. The van der Waals surface area contributed by atoms with Crippen LogP contribution in [0.2, 0.25) is 0 Å². The molecule has 0 radical (unpaired) electrons. The molecule has 1 aromatic rings. The third-order valence-electron chi connectivity index (χ3n) is 2.38. The van der Waals surface area contributed by atoms with Crippen molar-refractivity contribution in [2.45, 2.75) is 45.1 Å². The second-order valence-electron chi connectivity index (χ2n) is 4.13. The van der Waals surface area contributed by atoms with Gasteiger partial charge >= 0.3 is 0 Å². The minimum Gasteiger partial charge on any atom is -0.363 e. The van der Waals surface area contributed by atoms with E-state index in [0.717, 1.165) is 19.3 Å². The quantitative estimate of drug-likeness (QED) is 0.745. The number of nitrogens with zero attached hydrogens (tertiary/aromatic N) is 2. The van der Waals surface area contributed by atoms with Crippen LogP contribution in [0.15, 0.2) is 4.52 Å². The second-order valence-corrected chi connectivity index (χ2v) is 4.13. The molecule has 0 aliphatic rings. The number of aromatic nitrogens is 2. The van der Waals surface area contributed by atoms with E-state index in [1.54, 1.807) is 0 Å². The highest BCUT2D eigenvalue weighted by Crippen LogP contribution is 2.19. The highest BCUT2D eigenvalue weighted by Gasteiger charge is 2.16. The van der Waals surface area contributed by atoms with Gasteiger partial charge in [0.05, 0.1) is 0 Å². The molecule has 1 aromatic heterocycles. The Hall–Kier alpha value is -1.43. The topological polar surface area (TPSA) is 108 Å². The molecular formula is C10H18N4O2. The van der Waals surface area contributed by atoms with E-state index in [9.17, 15) is 4.79 Å². The number of amides is 1. The summed E-state index contributed by atoms with van der Waals surface area (Å²) in [6.45, 7) is 3.95. The maximum absolute atomic E-state index is 10.8. The van der Waals surface area contributed by atoms with Gasteiger partial charge in [-0.1, -0.05) is 18.5 Å². The molecule has 4 N–H and O–H groups in total. The van der Waals surface area contributed by atoms with E-state index >= 15 is 0 Å². The van der Waals surface area contributed by atoms with E-state index in [4.69, 9.17) is 16.0 Å². The fourth-order valence-electron chi connectivity index (χ4n) is 1.40. The number of carbonyl (C=O) groups is 1. The van der Waals surface area contributed by atoms with E-state index < -0.39 is 5.91 Å². The van der Waals surface area contributed by atoms with Gasteiger partial charge in [-0.15, -0.1) is 0 Å². The lowest BCUT2D eigenvalue weighted by atomic mass is 10.0. The molecule has 1 heterocycles. The highest BCUT2D eigenvalue weighted by molar-refractivity contribution is 5.88. The Bertz CT molecular complexity index is 348. The standard InChI is InChI=1S/C10H18N4O2/c1-6(4-3-5-7(2)11)10-13-9(8(12)15)14-16-10/h6-7H,3-5,11H2,1-2H3,(H2,12,15). The highest BCUT2D eigenvalue weighted by atomic mass is 16.5. The third kappa shape index (κ3) is 3.62. The van der Waals surface area contributed by atoms with Gasteiger partial charge in [0.1, 0.15) is 0 Å². The first kappa shape index (κ1) is 12.6. The summed E-state index contributed by atoms with van der Waals surface area (Å²) >= 11 is 0. The molecule has 0 aliphatic heterocycles. The smallest absolute Gasteiger partial charge is 0.290 e. The maximum atomic E-state index is 10.8. The summed E-state index contributed by atoms with van der Waals surface area (Å²) in [4.78, 5) is 14.7. The summed E-state index contributed by atoms with van der Waals surface area (Å²) in [5, 5.41) is 3.49. The van der Waals surface area contributed by atoms with Crippen LogP contribution in [0.25, 0.3) is 0 Å². The molecule has 2 atom stereocenters. The van der Waals surface area contributed by atoms with Gasteiger partial charge in [0, 0.05) is 12.0 Å². The Morgan fingerprint density at radius 3 is 2.62 bits per heavy atom. The van der Waals surface area contributed by atoms with Crippen LogP contribution in [-0.4, -0.2) is 22.1 Å². The molecule has 16 heavy (non-hydrogen) atoms. The van der Waals surface area contributed by atoms with E-state index in [2.05, 4.69) is 10.1 Å². The Kier molecular flexibility index (Phi) is 4.42. The van der Waals surface area contributed by atoms with Crippen LogP contribution in [-0.2, 0) is 0 Å². The molecule has 0 aliphatic carbocycles. The van der Waals surface area contributed by atoms with E-state index in [1.165, 1.54) is 0 Å². The average molecular weight is 226 g/mol. The maximum Gasteiger partial charge on any atom is 0.290 e. The minimum atomic E-state index is -0.669. The van der Waals surface area contributed by atoms with Crippen molar-refractivity contribution in [2.75, 3.05) is 0 Å². The summed E-state index contributed by atoms with van der Waals surface area (Å²) in [7, 11) is 0. The van der Waals surface area contributed by atoms with Crippen LogP contribution in [0, 0.1) is 0 Å². The van der Waals surface area contributed by atoms with Crippen molar-refractivity contribution >= 4 is 5.91 Å². The Morgan fingerprint density at radius 2 is 2.12 bits per heavy atom. The molecule has 1 rings (SSSR count). The summed E-state index contributed by atoms with van der Waals surface area (Å²) in [5.74, 6) is -0.148. The van der Waals surface area contributed by atoms with Gasteiger partial charge in [-0.05, 0) is 19.8 Å². The second kappa shape index (κ2) is 5.60. The molecular weight excluding hydrogens is 208 g/mol. The van der Waals surface area contributed by atoms with Gasteiger partial charge in [0.2, 0.25) is 5.89 Å². The molecule has 1 amide bonds. The first-order chi connectivity index (χ1) is 7.50. The molecule has 0 saturated carbocycles. The molecule has 6 nitrogen and oxygen atoms in total. The van der Waals surface area contributed by atoms with Crippen molar-refractivity contribution < 1.29 is 9.32 Å². The summed E-state index contributed by atoms with van der Waals surface area (Å²) in [6.07, 6.45) is 2.86. The molecule has 2 unspecified atom stereocenters. The predicted octanol–water partition coefficient (Wildman–Crippen LogP) is 0.789. The Balaban J connectivity index is 2.46. The fraction of sp³-hybridized carbons (Fsp3) is 0.700. The van der Waals surface area contributed by atoms with Crippen LogP contribution in [0.3, 0.4) is 0 Å². The van der Waals surface area contributed by atoms with Gasteiger partial charge in [-0.25, -0.2) is 0 Å². The molecule has 0 fully saturated rings. The zero-order chi connectivity index (χ0) is 12.1. The summed E-state index contributed by atoms with van der Waals surface area (Å²) in [5.41, 5.74) is 10.7. The van der Waals surface area contributed by atoms with Crippen molar-refractivity contribution in [1.29, 1.82) is 0 Å². The molecule has 6 heteroatoms. The van der Waals surface area contributed by atoms with Crippen LogP contribution in [0.4, 0.5) is 0 Å². The summed E-state index contributed by atoms with van der Waals surface area (Å²) in [6, 6.07) is 0.205. The van der Waals surface area contributed by atoms with Crippen molar-refractivity contribution in [3.05, 3.63) is 11.7 Å². The first-order valence-electron chi connectivity index (χ1n) is 5.39. The SMILES string of the molecule is CC(N)CCCC(C)c1nc(C(N)=O)no1. The normalized spacial score (nSPS) is 14.7. The van der Waals surface area contributed by atoms with Crippen molar-refractivity contribution in [3.63, 3.8) is 0 Å². The number of hydrogen-bond acceptors (Lipinski definition) is 5. The number of primary amides is 1.